The lowest BCUT2D eigenvalue weighted by molar-refractivity contribution is 0.370. The molecule has 2 nitrogen and oxygen atoms in total. The largest absolute Gasteiger partial charge is 0.329 e. The van der Waals surface area contributed by atoms with Crippen molar-refractivity contribution in [3.63, 3.8) is 0 Å². The van der Waals surface area contributed by atoms with Crippen molar-refractivity contribution in [3.8, 4) is 12.3 Å². The Balaban J connectivity index is 3.71. The van der Waals surface area contributed by atoms with Crippen LogP contribution in [0.25, 0.3) is 0 Å². The van der Waals surface area contributed by atoms with Gasteiger partial charge in [0.05, 0.1) is 6.54 Å². The molecular weight excluding hydrogens is 124 g/mol. The highest BCUT2D eigenvalue weighted by Crippen LogP contribution is 2.04. The molecule has 0 bridgehead atoms. The topological polar surface area (TPSA) is 38.0 Å². The van der Waals surface area contributed by atoms with Crippen LogP contribution < -0.4 is 11.1 Å². The highest BCUT2D eigenvalue weighted by molar-refractivity contribution is 4.92. The van der Waals surface area contributed by atoms with Crippen molar-refractivity contribution >= 4 is 0 Å². The molecule has 10 heavy (non-hydrogen) atoms. The quantitative estimate of drug-likeness (QED) is 0.552. The molecule has 0 spiro atoms. The summed E-state index contributed by atoms with van der Waals surface area (Å²) >= 11 is 0. The van der Waals surface area contributed by atoms with Crippen LogP contribution in [0.15, 0.2) is 0 Å². The minimum Gasteiger partial charge on any atom is -0.329 e. The van der Waals surface area contributed by atoms with E-state index in [-0.39, 0.29) is 5.54 Å². The number of nitrogens with one attached hydrogen (secondary N) is 1. The summed E-state index contributed by atoms with van der Waals surface area (Å²) in [5.74, 6) is 2.53. The van der Waals surface area contributed by atoms with Gasteiger partial charge in [-0.2, -0.15) is 0 Å². The van der Waals surface area contributed by atoms with Gasteiger partial charge in [0.15, 0.2) is 0 Å². The second kappa shape index (κ2) is 4.32. The van der Waals surface area contributed by atoms with Crippen LogP contribution in [0.1, 0.15) is 20.3 Å². The van der Waals surface area contributed by atoms with E-state index >= 15 is 0 Å². The van der Waals surface area contributed by atoms with E-state index in [1.165, 1.54) is 0 Å². The van der Waals surface area contributed by atoms with Crippen LogP contribution in [0.2, 0.25) is 0 Å². The van der Waals surface area contributed by atoms with Crippen molar-refractivity contribution in [1.82, 2.24) is 5.32 Å². The van der Waals surface area contributed by atoms with Crippen LogP contribution in [0.5, 0.6) is 0 Å². The summed E-state index contributed by atoms with van der Waals surface area (Å²) in [5, 5.41) is 3.18. The van der Waals surface area contributed by atoms with Gasteiger partial charge < -0.3 is 5.73 Å². The highest BCUT2D eigenvalue weighted by atomic mass is 15.0. The SMILES string of the molecule is C#CCNC(C)(CC)CN. The average Bonchev–Trinajstić information content (AvgIpc) is 2.00. The first-order valence-corrected chi connectivity index (χ1v) is 3.57. The Hall–Kier alpha value is -0.520. The minimum absolute atomic E-state index is 0.0202. The van der Waals surface area contributed by atoms with Crippen LogP contribution in [-0.2, 0) is 0 Å². The third kappa shape index (κ3) is 2.86. The molecule has 0 aliphatic carbocycles. The fourth-order valence-electron chi connectivity index (χ4n) is 0.606. The Morgan fingerprint density at radius 1 is 1.70 bits per heavy atom. The van der Waals surface area contributed by atoms with Crippen LogP contribution in [0, 0.1) is 12.3 Å². The standard InChI is InChI=1S/C8H16N2/c1-4-6-10-8(3,5-2)7-9/h1,10H,5-7,9H2,2-3H3. The maximum atomic E-state index is 5.53. The van der Waals surface area contributed by atoms with E-state index in [0.29, 0.717) is 13.1 Å². The van der Waals surface area contributed by atoms with Crippen molar-refractivity contribution < 1.29 is 0 Å². The number of hydrogen-bond donors (Lipinski definition) is 2. The first-order valence-electron chi connectivity index (χ1n) is 3.57. The predicted molar refractivity (Wildman–Crippen MR) is 44.6 cm³/mol. The molecule has 0 saturated carbocycles. The van der Waals surface area contributed by atoms with Crippen molar-refractivity contribution in [3.05, 3.63) is 0 Å². The molecule has 0 aromatic heterocycles. The molecule has 0 saturated heterocycles. The summed E-state index contributed by atoms with van der Waals surface area (Å²) in [4.78, 5) is 0. The lowest BCUT2D eigenvalue weighted by Crippen LogP contribution is -2.48. The Labute approximate surface area is 63.2 Å². The van der Waals surface area contributed by atoms with Gasteiger partial charge in [-0.1, -0.05) is 12.8 Å². The lowest BCUT2D eigenvalue weighted by Gasteiger charge is -2.26. The van der Waals surface area contributed by atoms with Crippen LogP contribution >= 0.6 is 0 Å². The molecule has 1 unspecified atom stereocenters. The monoisotopic (exact) mass is 140 g/mol. The maximum Gasteiger partial charge on any atom is 0.0578 e. The Kier molecular flexibility index (Phi) is 4.10. The zero-order valence-corrected chi connectivity index (χ0v) is 6.78. The van der Waals surface area contributed by atoms with E-state index in [1.807, 2.05) is 0 Å². The third-order valence-corrected chi connectivity index (χ3v) is 1.85. The normalized spacial score (nSPS) is 15.8. The smallest absolute Gasteiger partial charge is 0.0578 e. The second-order valence-electron chi connectivity index (χ2n) is 2.68. The number of hydrogen-bond acceptors (Lipinski definition) is 2. The average molecular weight is 140 g/mol. The summed E-state index contributed by atoms with van der Waals surface area (Å²) in [7, 11) is 0. The summed E-state index contributed by atoms with van der Waals surface area (Å²) < 4.78 is 0. The molecule has 0 fully saturated rings. The highest BCUT2D eigenvalue weighted by Gasteiger charge is 2.17. The van der Waals surface area contributed by atoms with Crippen LogP contribution in [0.4, 0.5) is 0 Å². The van der Waals surface area contributed by atoms with Gasteiger partial charge in [0.2, 0.25) is 0 Å². The van der Waals surface area contributed by atoms with E-state index in [1.54, 1.807) is 0 Å². The molecule has 0 amide bonds. The second-order valence-corrected chi connectivity index (χ2v) is 2.68. The number of terminal acetylenes is 1. The minimum atomic E-state index is 0.0202. The van der Waals surface area contributed by atoms with Gasteiger partial charge in [0, 0.05) is 12.1 Å². The van der Waals surface area contributed by atoms with Gasteiger partial charge >= 0.3 is 0 Å². The molecule has 0 aromatic rings. The first-order chi connectivity index (χ1) is 4.68. The van der Waals surface area contributed by atoms with Crippen LogP contribution in [-0.4, -0.2) is 18.6 Å². The predicted octanol–water partition coefficient (Wildman–Crippen LogP) is 0.337. The Bertz CT molecular complexity index is 120. The van der Waals surface area contributed by atoms with Gasteiger partial charge in [-0.3, -0.25) is 5.32 Å². The summed E-state index contributed by atoms with van der Waals surface area (Å²) in [6, 6.07) is 0. The van der Waals surface area contributed by atoms with Crippen LogP contribution in [0.3, 0.4) is 0 Å². The molecule has 58 valence electrons. The van der Waals surface area contributed by atoms with Gasteiger partial charge in [-0.15, -0.1) is 6.42 Å². The number of rotatable bonds is 4. The summed E-state index contributed by atoms with van der Waals surface area (Å²) in [5.41, 5.74) is 5.55. The van der Waals surface area contributed by atoms with E-state index in [2.05, 4.69) is 25.1 Å². The molecule has 0 heterocycles. The Morgan fingerprint density at radius 2 is 2.30 bits per heavy atom. The fraction of sp³-hybridized carbons (Fsp3) is 0.750. The van der Waals surface area contributed by atoms with Crippen molar-refractivity contribution in [1.29, 1.82) is 0 Å². The zero-order chi connectivity index (χ0) is 8.04. The molecule has 3 N–H and O–H groups in total. The van der Waals surface area contributed by atoms with Gasteiger partial charge in [0.1, 0.15) is 0 Å². The lowest BCUT2D eigenvalue weighted by atomic mass is 9.99. The van der Waals surface area contributed by atoms with Gasteiger partial charge in [-0.25, -0.2) is 0 Å². The van der Waals surface area contributed by atoms with E-state index in [4.69, 9.17) is 12.2 Å². The Morgan fingerprint density at radius 3 is 2.60 bits per heavy atom. The molecule has 0 aromatic carbocycles. The maximum absolute atomic E-state index is 5.53. The number of nitrogens with two attached hydrogens (primary N) is 1. The molecule has 2 heteroatoms. The molecular formula is C8H16N2. The third-order valence-electron chi connectivity index (χ3n) is 1.85. The fourth-order valence-corrected chi connectivity index (χ4v) is 0.606. The molecule has 0 aliphatic rings. The van der Waals surface area contributed by atoms with E-state index < -0.39 is 0 Å². The molecule has 0 radical (unpaired) electrons. The summed E-state index contributed by atoms with van der Waals surface area (Å²) in [6.45, 7) is 5.40. The van der Waals surface area contributed by atoms with E-state index in [0.717, 1.165) is 6.42 Å². The molecule has 0 rings (SSSR count). The van der Waals surface area contributed by atoms with Gasteiger partial charge in [-0.05, 0) is 13.3 Å². The van der Waals surface area contributed by atoms with Crippen molar-refractivity contribution in [2.24, 2.45) is 5.73 Å². The van der Waals surface area contributed by atoms with Crippen molar-refractivity contribution in [2.75, 3.05) is 13.1 Å². The van der Waals surface area contributed by atoms with Gasteiger partial charge in [0.25, 0.3) is 0 Å². The van der Waals surface area contributed by atoms with E-state index in [9.17, 15) is 0 Å². The van der Waals surface area contributed by atoms with Crippen molar-refractivity contribution in [2.45, 2.75) is 25.8 Å². The molecule has 1 atom stereocenters. The first kappa shape index (κ1) is 9.48. The zero-order valence-electron chi connectivity index (χ0n) is 6.78. The summed E-state index contributed by atoms with van der Waals surface area (Å²) in [6.07, 6.45) is 6.10. The molecule has 0 aliphatic heterocycles.